The highest BCUT2D eigenvalue weighted by Crippen LogP contribution is 2.47. The van der Waals surface area contributed by atoms with E-state index in [1.807, 2.05) is 33.8 Å². The van der Waals surface area contributed by atoms with Gasteiger partial charge in [0, 0.05) is 26.3 Å². The average Bonchev–Trinajstić information content (AvgIpc) is 3.22. The molecular formula is C22H30IN7O4. The van der Waals surface area contributed by atoms with Crippen LogP contribution >= 0.6 is 21.3 Å². The Bertz CT molecular complexity index is 1060. The number of methoxy groups -OCH3 is 1. The Morgan fingerprint density at radius 2 is 2.12 bits per heavy atom. The summed E-state index contributed by atoms with van der Waals surface area (Å²) < 4.78 is 23.4. The third kappa shape index (κ3) is 5.71. The van der Waals surface area contributed by atoms with E-state index in [4.69, 9.17) is 19.2 Å². The number of amides is 1. The molecule has 0 aliphatic carbocycles. The Balaban J connectivity index is 1.49. The molecule has 184 valence electrons. The lowest BCUT2D eigenvalue weighted by molar-refractivity contribution is -0.00285. The molecule has 2 aromatic rings. The fourth-order valence-corrected chi connectivity index (χ4v) is 5.59. The largest absolute Gasteiger partial charge is 0.478 e. The van der Waals surface area contributed by atoms with Crippen LogP contribution in [0.15, 0.2) is 27.8 Å². The number of nitrogens with zero attached hydrogens (tertiary/aromatic N) is 6. The average molecular weight is 583 g/mol. The van der Waals surface area contributed by atoms with Crippen molar-refractivity contribution in [1.29, 1.82) is 0 Å². The summed E-state index contributed by atoms with van der Waals surface area (Å²) in [6.45, 7) is 9.08. The summed E-state index contributed by atoms with van der Waals surface area (Å²) >= 11 is -0.692. The Morgan fingerprint density at radius 3 is 2.85 bits per heavy atom. The first kappa shape index (κ1) is 24.5. The predicted octanol–water partition coefficient (Wildman–Crippen LogP) is 4.56. The van der Waals surface area contributed by atoms with Crippen molar-refractivity contribution in [2.24, 2.45) is 3.15 Å². The predicted molar refractivity (Wildman–Crippen MR) is 136 cm³/mol. The normalized spacial score (nSPS) is 19.9. The lowest BCUT2D eigenvalue weighted by atomic mass is 10.0. The van der Waals surface area contributed by atoms with Gasteiger partial charge in [-0.3, -0.25) is 8.10 Å². The van der Waals surface area contributed by atoms with E-state index < -0.39 is 26.9 Å². The zero-order chi connectivity index (χ0) is 24.3. The van der Waals surface area contributed by atoms with E-state index >= 15 is 0 Å². The number of rotatable bonds is 6. The van der Waals surface area contributed by atoms with Crippen molar-refractivity contribution in [1.82, 2.24) is 19.9 Å². The van der Waals surface area contributed by atoms with Crippen LogP contribution in [0.25, 0.3) is 0 Å². The number of anilines is 3. The summed E-state index contributed by atoms with van der Waals surface area (Å²) in [6, 6.07) is 1.70. The Labute approximate surface area is 209 Å². The zero-order valence-electron chi connectivity index (χ0n) is 20.0. The standard InChI is InChI=1S/C22H30IN7O4/c1-6-33-20-9-14-16(10-25-20)30(23-28-14)19-12-24-11-18(27-19)26-15-13-29(8-7-17(15)32-5)21(31)34-22(2,3)4/h9-12,15,17H,6-8,13H2,1-5H3,(H,26,27)/t15?,17-/m0/s1. The maximum atomic E-state index is 12.6. The molecule has 1 amide bonds. The number of carbonyl (C=O) groups excluding carboxylic acids is 1. The zero-order valence-corrected chi connectivity index (χ0v) is 22.1. The highest BCUT2D eigenvalue weighted by Gasteiger charge is 2.34. The number of ether oxygens (including phenoxy) is 3. The molecule has 0 radical (unpaired) electrons. The topological polar surface area (TPSA) is 114 Å². The van der Waals surface area contributed by atoms with Crippen LogP contribution in [0.1, 0.15) is 34.1 Å². The first-order chi connectivity index (χ1) is 16.3. The minimum atomic E-state index is -0.692. The van der Waals surface area contributed by atoms with Crippen LogP contribution in [0, 0.1) is 0 Å². The van der Waals surface area contributed by atoms with Crippen molar-refractivity contribution in [2.45, 2.75) is 51.9 Å². The van der Waals surface area contributed by atoms with Gasteiger partial charge in [0.05, 0.1) is 43.0 Å². The van der Waals surface area contributed by atoms with Gasteiger partial charge in [-0.25, -0.2) is 17.9 Å². The van der Waals surface area contributed by atoms with Crippen molar-refractivity contribution in [3.63, 3.8) is 0 Å². The molecule has 11 nitrogen and oxygen atoms in total. The molecule has 1 fully saturated rings. The molecular weight excluding hydrogens is 553 g/mol. The number of halogens is 1. The summed E-state index contributed by atoms with van der Waals surface area (Å²) in [6.07, 6.45) is 5.45. The molecule has 1 unspecified atom stereocenters. The molecule has 2 atom stereocenters. The van der Waals surface area contributed by atoms with Crippen LogP contribution in [-0.2, 0) is 9.47 Å². The van der Waals surface area contributed by atoms with E-state index in [9.17, 15) is 4.79 Å². The Hall–Kier alpha value is -2.61. The molecule has 12 heteroatoms. The van der Waals surface area contributed by atoms with Crippen LogP contribution in [0.5, 0.6) is 5.88 Å². The summed E-state index contributed by atoms with van der Waals surface area (Å²) in [4.78, 5) is 27.8. The number of aromatic nitrogens is 3. The van der Waals surface area contributed by atoms with Crippen LogP contribution in [0.4, 0.5) is 27.8 Å². The van der Waals surface area contributed by atoms with Gasteiger partial charge in [-0.2, -0.15) is 0 Å². The number of hydrogen-bond acceptors (Lipinski definition) is 10. The van der Waals surface area contributed by atoms with E-state index in [-0.39, 0.29) is 18.2 Å². The van der Waals surface area contributed by atoms with Gasteiger partial charge in [-0.1, -0.05) is 0 Å². The summed E-state index contributed by atoms with van der Waals surface area (Å²) in [5.41, 5.74) is 1.20. The molecule has 0 spiro atoms. The number of nitrogens with one attached hydrogen (secondary N) is 1. The Kier molecular flexibility index (Phi) is 7.45. The van der Waals surface area contributed by atoms with Gasteiger partial charge in [0.1, 0.15) is 38.4 Å². The second kappa shape index (κ2) is 10.3. The smallest absolute Gasteiger partial charge is 0.410 e. The summed E-state index contributed by atoms with van der Waals surface area (Å²) in [5, 5.41) is 3.41. The van der Waals surface area contributed by atoms with Gasteiger partial charge in [0.2, 0.25) is 5.88 Å². The minimum Gasteiger partial charge on any atom is -0.478 e. The number of piperidine rings is 1. The molecule has 0 aromatic carbocycles. The number of pyridine rings is 1. The first-order valence-electron chi connectivity index (χ1n) is 11.1. The van der Waals surface area contributed by atoms with E-state index in [1.54, 1.807) is 30.6 Å². The lowest BCUT2D eigenvalue weighted by Crippen LogP contribution is -2.53. The van der Waals surface area contributed by atoms with E-state index in [0.717, 1.165) is 11.4 Å². The van der Waals surface area contributed by atoms with Crippen molar-refractivity contribution in [2.75, 3.05) is 35.2 Å². The van der Waals surface area contributed by atoms with E-state index in [0.29, 0.717) is 43.6 Å². The van der Waals surface area contributed by atoms with E-state index in [2.05, 4.69) is 21.5 Å². The molecule has 4 rings (SSSR count). The number of carbonyl (C=O) groups is 1. The van der Waals surface area contributed by atoms with Crippen LogP contribution < -0.4 is 13.2 Å². The van der Waals surface area contributed by atoms with Gasteiger partial charge in [0.25, 0.3) is 0 Å². The molecule has 4 heterocycles. The fourth-order valence-electron chi connectivity index (χ4n) is 3.70. The van der Waals surface area contributed by atoms with Crippen molar-refractivity contribution in [3.05, 3.63) is 24.7 Å². The van der Waals surface area contributed by atoms with Gasteiger partial charge in [0.15, 0.2) is 5.82 Å². The van der Waals surface area contributed by atoms with Gasteiger partial charge in [-0.05, 0) is 34.1 Å². The summed E-state index contributed by atoms with van der Waals surface area (Å²) in [5.74, 6) is 1.86. The van der Waals surface area contributed by atoms with Crippen LogP contribution in [0.2, 0.25) is 0 Å². The van der Waals surface area contributed by atoms with Crippen molar-refractivity contribution < 1.29 is 19.0 Å². The monoisotopic (exact) mass is 583 g/mol. The summed E-state index contributed by atoms with van der Waals surface area (Å²) in [7, 11) is 1.68. The number of likely N-dealkylation sites (tertiary alicyclic amines) is 1. The highest BCUT2D eigenvalue weighted by molar-refractivity contribution is 14.2. The maximum Gasteiger partial charge on any atom is 0.410 e. The van der Waals surface area contributed by atoms with Crippen molar-refractivity contribution in [3.8, 4) is 5.88 Å². The first-order valence-corrected chi connectivity index (χ1v) is 13.1. The molecule has 2 aliphatic rings. The third-order valence-electron chi connectivity index (χ3n) is 5.20. The van der Waals surface area contributed by atoms with Gasteiger partial charge >= 0.3 is 6.09 Å². The highest BCUT2D eigenvalue weighted by atomic mass is 127. The minimum absolute atomic E-state index is 0.0692. The van der Waals surface area contributed by atoms with Crippen LogP contribution in [0.3, 0.4) is 0 Å². The molecule has 2 aromatic heterocycles. The van der Waals surface area contributed by atoms with Crippen LogP contribution in [-0.4, -0.2) is 70.5 Å². The second-order valence-corrected chi connectivity index (χ2v) is 10.8. The van der Waals surface area contributed by atoms with Gasteiger partial charge < -0.3 is 24.4 Å². The molecule has 1 saturated heterocycles. The fraction of sp³-hybridized carbons (Fsp3) is 0.545. The molecule has 0 saturated carbocycles. The molecule has 0 bridgehead atoms. The lowest BCUT2D eigenvalue weighted by Gasteiger charge is -2.38. The third-order valence-corrected chi connectivity index (χ3v) is 7.39. The molecule has 1 N–H and O–H groups in total. The number of hydrogen-bond donors (Lipinski definition) is 1. The molecule has 34 heavy (non-hydrogen) atoms. The quantitative estimate of drug-likeness (QED) is 0.386. The number of fused-ring (bicyclic) bond motifs is 1. The van der Waals surface area contributed by atoms with Crippen molar-refractivity contribution >= 4 is 50.4 Å². The maximum absolute atomic E-state index is 12.6. The Morgan fingerprint density at radius 1 is 1.29 bits per heavy atom. The van der Waals surface area contributed by atoms with E-state index in [1.165, 1.54) is 0 Å². The van der Waals surface area contributed by atoms with Gasteiger partial charge in [-0.15, -0.1) is 0 Å². The second-order valence-electron chi connectivity index (χ2n) is 8.89. The molecule has 2 aliphatic heterocycles. The SMILES string of the molecule is CCOc1cc2c(cn1)N(c1cncc(NC3CN(C(=O)OC(C)(C)C)CC[C@@H]3OC)n1)I=N2.